The zero-order valence-corrected chi connectivity index (χ0v) is 14.6. The average Bonchev–Trinajstić information content (AvgIpc) is 3.19. The fraction of sp³-hybridized carbons (Fsp3) is 0.500. The molecule has 2 heterocycles. The van der Waals surface area contributed by atoms with Crippen LogP contribution in [-0.2, 0) is 23.4 Å². The zero-order chi connectivity index (χ0) is 17.0. The first-order valence-electron chi connectivity index (χ1n) is 8.70. The minimum absolute atomic E-state index is 0.303. The van der Waals surface area contributed by atoms with Gasteiger partial charge < -0.3 is 14.3 Å². The molecule has 0 bridgehead atoms. The lowest BCUT2D eigenvalue weighted by Crippen LogP contribution is -2.31. The minimum Gasteiger partial charge on any atom is -0.462 e. The van der Waals surface area contributed by atoms with E-state index in [0.717, 1.165) is 38.3 Å². The Morgan fingerprint density at radius 1 is 1.12 bits per heavy atom. The lowest BCUT2D eigenvalue weighted by molar-refractivity contribution is 0.0477. The van der Waals surface area contributed by atoms with Gasteiger partial charge in [0.1, 0.15) is 17.1 Å². The number of aliphatic hydroxyl groups is 1. The molecule has 2 aromatic rings. The van der Waals surface area contributed by atoms with E-state index < -0.39 is 5.60 Å². The molecule has 1 aromatic heterocycles. The van der Waals surface area contributed by atoms with E-state index in [2.05, 4.69) is 29.2 Å². The number of ether oxygens (including phenoxy) is 1. The normalized spacial score (nSPS) is 18.4. The van der Waals surface area contributed by atoms with Gasteiger partial charge in [-0.25, -0.2) is 0 Å². The van der Waals surface area contributed by atoms with Crippen molar-refractivity contribution < 1.29 is 14.3 Å². The van der Waals surface area contributed by atoms with Crippen LogP contribution < -0.4 is 0 Å². The van der Waals surface area contributed by atoms with Gasteiger partial charge in [0.25, 0.3) is 0 Å². The monoisotopic (exact) mass is 329 g/mol. The highest BCUT2D eigenvalue weighted by atomic mass is 16.5. The smallest absolute Gasteiger partial charge is 0.135 e. The van der Waals surface area contributed by atoms with E-state index in [1.807, 2.05) is 18.2 Å². The standard InChI is InChI=1S/C20H27NO3/c1-20(2,22)19-11-10-18(24-19)15-21(14-17-9-6-12-23-17)13-16-7-4-3-5-8-16/h3-5,7-8,10-11,17,22H,6,9,12-15H2,1-2H3. The SMILES string of the molecule is CC(C)(O)c1ccc(CN(Cc2ccccc2)CC2CCCO2)o1. The summed E-state index contributed by atoms with van der Waals surface area (Å²) in [5, 5.41) is 10.1. The van der Waals surface area contributed by atoms with Crippen molar-refractivity contribution in [3.8, 4) is 0 Å². The molecule has 1 N–H and O–H groups in total. The maximum atomic E-state index is 10.1. The third-order valence-corrected chi connectivity index (χ3v) is 4.38. The average molecular weight is 329 g/mol. The van der Waals surface area contributed by atoms with E-state index >= 15 is 0 Å². The lowest BCUT2D eigenvalue weighted by atomic mass is 10.1. The summed E-state index contributed by atoms with van der Waals surface area (Å²) in [4.78, 5) is 2.36. The quantitative estimate of drug-likeness (QED) is 0.841. The first-order chi connectivity index (χ1) is 11.5. The van der Waals surface area contributed by atoms with E-state index in [4.69, 9.17) is 9.15 Å². The van der Waals surface area contributed by atoms with Gasteiger partial charge in [-0.05, 0) is 44.4 Å². The van der Waals surface area contributed by atoms with Gasteiger partial charge in [-0.3, -0.25) is 4.90 Å². The highest BCUT2D eigenvalue weighted by molar-refractivity contribution is 5.15. The van der Waals surface area contributed by atoms with Crippen molar-refractivity contribution >= 4 is 0 Å². The number of benzene rings is 1. The van der Waals surface area contributed by atoms with Crippen LogP contribution in [0.3, 0.4) is 0 Å². The molecular formula is C20H27NO3. The van der Waals surface area contributed by atoms with Crippen LogP contribution in [0.25, 0.3) is 0 Å². The van der Waals surface area contributed by atoms with E-state index in [1.165, 1.54) is 5.56 Å². The maximum Gasteiger partial charge on any atom is 0.135 e. The van der Waals surface area contributed by atoms with Crippen LogP contribution in [0.2, 0.25) is 0 Å². The van der Waals surface area contributed by atoms with Gasteiger partial charge in [0.05, 0.1) is 12.6 Å². The number of hydrogen-bond donors (Lipinski definition) is 1. The van der Waals surface area contributed by atoms with Gasteiger partial charge in [0.15, 0.2) is 0 Å². The van der Waals surface area contributed by atoms with Crippen molar-refractivity contribution in [2.45, 2.75) is 51.5 Å². The van der Waals surface area contributed by atoms with Crippen LogP contribution >= 0.6 is 0 Å². The molecule has 1 fully saturated rings. The van der Waals surface area contributed by atoms with Gasteiger partial charge in [0, 0.05) is 19.7 Å². The first-order valence-corrected chi connectivity index (χ1v) is 8.70. The molecule has 1 aromatic carbocycles. The number of furan rings is 1. The van der Waals surface area contributed by atoms with Crippen LogP contribution in [0.15, 0.2) is 46.9 Å². The van der Waals surface area contributed by atoms with Gasteiger partial charge in [-0.15, -0.1) is 0 Å². The van der Waals surface area contributed by atoms with E-state index in [1.54, 1.807) is 13.8 Å². The molecule has 1 atom stereocenters. The summed E-state index contributed by atoms with van der Waals surface area (Å²) in [5.74, 6) is 1.48. The fourth-order valence-electron chi connectivity index (χ4n) is 3.12. The summed E-state index contributed by atoms with van der Waals surface area (Å²) in [6, 6.07) is 14.3. The zero-order valence-electron chi connectivity index (χ0n) is 14.6. The van der Waals surface area contributed by atoms with Gasteiger partial charge in [0.2, 0.25) is 0 Å². The van der Waals surface area contributed by atoms with Gasteiger partial charge in [-0.2, -0.15) is 0 Å². The Labute approximate surface area is 144 Å². The predicted molar refractivity (Wildman–Crippen MR) is 93.5 cm³/mol. The minimum atomic E-state index is -0.947. The molecule has 0 amide bonds. The van der Waals surface area contributed by atoms with Crippen LogP contribution in [-0.4, -0.2) is 29.3 Å². The Balaban J connectivity index is 1.70. The van der Waals surface area contributed by atoms with Crippen LogP contribution in [0, 0.1) is 0 Å². The van der Waals surface area contributed by atoms with Crippen LogP contribution in [0.1, 0.15) is 43.8 Å². The molecule has 1 saturated heterocycles. The Morgan fingerprint density at radius 2 is 1.92 bits per heavy atom. The predicted octanol–water partition coefficient (Wildman–Crippen LogP) is 3.69. The second-order valence-corrected chi connectivity index (χ2v) is 7.12. The largest absolute Gasteiger partial charge is 0.462 e. The summed E-state index contributed by atoms with van der Waals surface area (Å²) in [6.07, 6.45) is 2.57. The van der Waals surface area contributed by atoms with Gasteiger partial charge in [-0.1, -0.05) is 30.3 Å². The van der Waals surface area contributed by atoms with Crippen molar-refractivity contribution in [2.24, 2.45) is 0 Å². The second-order valence-electron chi connectivity index (χ2n) is 7.12. The third-order valence-electron chi connectivity index (χ3n) is 4.38. The Morgan fingerprint density at radius 3 is 2.54 bits per heavy atom. The molecule has 0 radical (unpaired) electrons. The molecule has 0 saturated carbocycles. The Hall–Kier alpha value is -1.62. The summed E-state index contributed by atoms with van der Waals surface area (Å²) >= 11 is 0. The summed E-state index contributed by atoms with van der Waals surface area (Å²) in [5.41, 5.74) is 0.335. The van der Waals surface area contributed by atoms with Crippen molar-refractivity contribution in [2.75, 3.05) is 13.2 Å². The molecule has 1 aliphatic rings. The Kier molecular flexibility index (Phi) is 5.39. The first kappa shape index (κ1) is 17.2. The summed E-state index contributed by atoms with van der Waals surface area (Å²) < 4.78 is 11.7. The van der Waals surface area contributed by atoms with Crippen LogP contribution in [0.5, 0.6) is 0 Å². The van der Waals surface area contributed by atoms with E-state index in [0.29, 0.717) is 18.4 Å². The Bertz CT molecular complexity index is 624. The highest BCUT2D eigenvalue weighted by Gasteiger charge is 2.23. The number of rotatable bonds is 7. The maximum absolute atomic E-state index is 10.1. The number of nitrogens with zero attached hydrogens (tertiary/aromatic N) is 1. The van der Waals surface area contributed by atoms with Crippen molar-refractivity contribution in [1.82, 2.24) is 4.90 Å². The topological polar surface area (TPSA) is 45.8 Å². The van der Waals surface area contributed by atoms with E-state index in [9.17, 15) is 5.11 Å². The third kappa shape index (κ3) is 4.69. The number of hydrogen-bond acceptors (Lipinski definition) is 4. The van der Waals surface area contributed by atoms with Crippen molar-refractivity contribution in [3.63, 3.8) is 0 Å². The van der Waals surface area contributed by atoms with Crippen molar-refractivity contribution in [1.29, 1.82) is 0 Å². The van der Waals surface area contributed by atoms with Crippen LogP contribution in [0.4, 0.5) is 0 Å². The summed E-state index contributed by atoms with van der Waals surface area (Å²) in [7, 11) is 0. The lowest BCUT2D eigenvalue weighted by Gasteiger charge is -2.24. The molecule has 0 aliphatic carbocycles. The molecule has 1 unspecified atom stereocenters. The van der Waals surface area contributed by atoms with Crippen molar-refractivity contribution in [3.05, 3.63) is 59.5 Å². The second kappa shape index (κ2) is 7.51. The molecule has 4 heteroatoms. The molecule has 24 heavy (non-hydrogen) atoms. The highest BCUT2D eigenvalue weighted by Crippen LogP contribution is 2.24. The van der Waals surface area contributed by atoms with Gasteiger partial charge >= 0.3 is 0 Å². The fourth-order valence-corrected chi connectivity index (χ4v) is 3.12. The molecule has 4 nitrogen and oxygen atoms in total. The van der Waals surface area contributed by atoms with E-state index in [-0.39, 0.29) is 0 Å². The molecule has 130 valence electrons. The summed E-state index contributed by atoms with van der Waals surface area (Å²) in [6.45, 7) is 6.82. The molecular weight excluding hydrogens is 302 g/mol. The molecule has 3 rings (SSSR count). The molecule has 0 spiro atoms. The molecule has 1 aliphatic heterocycles.